The minimum Gasteiger partial charge on any atom is -0.480 e. The number of carboxylic acid groups (broad SMARTS) is 1. The van der Waals surface area contributed by atoms with E-state index >= 15 is 0 Å². The zero-order chi connectivity index (χ0) is 16.4. The molecule has 0 bridgehead atoms. The second kappa shape index (κ2) is 6.62. The quantitative estimate of drug-likeness (QED) is 0.912. The first-order chi connectivity index (χ1) is 11.1. The van der Waals surface area contributed by atoms with Gasteiger partial charge in [0, 0.05) is 23.5 Å². The monoisotopic (exact) mass is 334 g/mol. The summed E-state index contributed by atoms with van der Waals surface area (Å²) in [6.07, 6.45) is 3.16. The molecule has 2 amide bonds. The van der Waals surface area contributed by atoms with Crippen molar-refractivity contribution < 1.29 is 19.5 Å². The number of rotatable bonds is 3. The number of likely N-dealkylation sites (tertiary alicyclic amines) is 1. The van der Waals surface area contributed by atoms with Crippen LogP contribution in [0.4, 0.5) is 5.69 Å². The second-order valence-corrected chi connectivity index (χ2v) is 6.71. The second-order valence-electron chi connectivity index (χ2n) is 5.70. The van der Waals surface area contributed by atoms with Crippen molar-refractivity contribution >= 4 is 35.2 Å². The highest BCUT2D eigenvalue weighted by molar-refractivity contribution is 8.00. The van der Waals surface area contributed by atoms with Crippen LogP contribution < -0.4 is 4.90 Å². The number of amides is 2. The minimum atomic E-state index is -1.07. The van der Waals surface area contributed by atoms with Crippen LogP contribution in [0.25, 0.3) is 0 Å². The Hall–Kier alpha value is -2.02. The fourth-order valence-electron chi connectivity index (χ4n) is 2.92. The van der Waals surface area contributed by atoms with Gasteiger partial charge in [0.1, 0.15) is 6.54 Å². The molecule has 1 saturated heterocycles. The van der Waals surface area contributed by atoms with E-state index < -0.39 is 5.97 Å². The molecule has 0 saturated carbocycles. The highest BCUT2D eigenvalue weighted by Gasteiger charge is 2.28. The summed E-state index contributed by atoms with van der Waals surface area (Å²) in [5, 5.41) is 9.02. The maximum Gasteiger partial charge on any atom is 0.323 e. The molecule has 2 heterocycles. The summed E-state index contributed by atoms with van der Waals surface area (Å²) in [5.41, 5.74) is 1.04. The molecule has 1 fully saturated rings. The first kappa shape index (κ1) is 15.9. The number of hydrogen-bond donors (Lipinski definition) is 1. The zero-order valence-electron chi connectivity index (χ0n) is 12.7. The third-order valence-corrected chi connectivity index (χ3v) is 5.13. The number of thioether (sulfide) groups is 1. The van der Waals surface area contributed by atoms with Gasteiger partial charge < -0.3 is 10.0 Å². The Balaban J connectivity index is 1.90. The maximum atomic E-state index is 12.6. The van der Waals surface area contributed by atoms with Crippen LogP contribution >= 0.6 is 11.8 Å². The van der Waals surface area contributed by atoms with E-state index in [0.29, 0.717) is 11.3 Å². The molecular formula is C16H18N2O4S. The lowest BCUT2D eigenvalue weighted by molar-refractivity contribution is -0.136. The van der Waals surface area contributed by atoms with Gasteiger partial charge in [-0.3, -0.25) is 19.3 Å². The van der Waals surface area contributed by atoms with Crippen molar-refractivity contribution in [2.24, 2.45) is 0 Å². The standard InChI is InChI=1S/C16H18N2O4S/c19-14-10-23-13-5-4-11(8-12(13)18(14)9-15(20)21)16(22)17-6-2-1-3-7-17/h4-5,8H,1-3,6-7,9-10H2,(H,20,21). The molecule has 0 radical (unpaired) electrons. The number of carbonyl (C=O) groups excluding carboxylic acids is 2. The highest BCUT2D eigenvalue weighted by Crippen LogP contribution is 2.36. The molecule has 1 N–H and O–H groups in total. The van der Waals surface area contributed by atoms with Crippen LogP contribution in [0.1, 0.15) is 29.6 Å². The molecule has 6 nitrogen and oxygen atoms in total. The number of nitrogens with zero attached hydrogens (tertiary/aromatic N) is 2. The van der Waals surface area contributed by atoms with Gasteiger partial charge in [0.05, 0.1) is 11.4 Å². The molecule has 1 aromatic rings. The first-order valence-corrected chi connectivity index (χ1v) is 8.63. The number of benzene rings is 1. The van der Waals surface area contributed by atoms with Crippen LogP contribution in [-0.4, -0.2) is 53.2 Å². The molecule has 3 rings (SSSR count). The molecule has 122 valence electrons. The predicted molar refractivity (Wildman–Crippen MR) is 86.9 cm³/mol. The summed E-state index contributed by atoms with van der Waals surface area (Å²) in [7, 11) is 0. The van der Waals surface area contributed by atoms with Gasteiger partial charge in [-0.05, 0) is 37.5 Å². The van der Waals surface area contributed by atoms with Gasteiger partial charge in [-0.2, -0.15) is 0 Å². The fraction of sp³-hybridized carbons (Fsp3) is 0.438. The van der Waals surface area contributed by atoms with Gasteiger partial charge in [0.15, 0.2) is 0 Å². The lowest BCUT2D eigenvalue weighted by atomic mass is 10.1. The summed E-state index contributed by atoms with van der Waals surface area (Å²) >= 11 is 1.37. The topological polar surface area (TPSA) is 77.9 Å². The van der Waals surface area contributed by atoms with Crippen LogP contribution in [0.3, 0.4) is 0 Å². The lowest BCUT2D eigenvalue weighted by Gasteiger charge is -2.30. The Bertz CT molecular complexity index is 655. The van der Waals surface area contributed by atoms with Gasteiger partial charge in [-0.15, -0.1) is 11.8 Å². The van der Waals surface area contributed by atoms with E-state index in [2.05, 4.69) is 0 Å². The number of hydrogen-bond acceptors (Lipinski definition) is 4. The number of aliphatic carboxylic acids is 1. The Morgan fingerprint density at radius 3 is 2.61 bits per heavy atom. The maximum absolute atomic E-state index is 12.6. The average molecular weight is 334 g/mol. The molecule has 23 heavy (non-hydrogen) atoms. The van der Waals surface area contributed by atoms with E-state index in [1.165, 1.54) is 16.7 Å². The van der Waals surface area contributed by atoms with Crippen LogP contribution in [0, 0.1) is 0 Å². The van der Waals surface area contributed by atoms with Crippen LogP contribution in [0.2, 0.25) is 0 Å². The van der Waals surface area contributed by atoms with Crippen LogP contribution in [0.15, 0.2) is 23.1 Å². The smallest absolute Gasteiger partial charge is 0.323 e. The predicted octanol–water partition coefficient (Wildman–Crippen LogP) is 1.84. The summed E-state index contributed by atoms with van der Waals surface area (Å²) in [5.74, 6) is -1.14. The first-order valence-electron chi connectivity index (χ1n) is 7.64. The number of carboxylic acids is 1. The van der Waals surface area contributed by atoms with Crippen molar-refractivity contribution in [3.8, 4) is 0 Å². The summed E-state index contributed by atoms with van der Waals surface area (Å²) < 4.78 is 0. The number of piperidine rings is 1. The van der Waals surface area contributed by atoms with Crippen molar-refractivity contribution in [2.45, 2.75) is 24.2 Å². The van der Waals surface area contributed by atoms with Crippen molar-refractivity contribution in [3.63, 3.8) is 0 Å². The van der Waals surface area contributed by atoms with Crippen LogP contribution in [-0.2, 0) is 9.59 Å². The normalized spacial score (nSPS) is 17.8. The van der Waals surface area contributed by atoms with Crippen LogP contribution in [0.5, 0.6) is 0 Å². The molecule has 0 atom stereocenters. The summed E-state index contributed by atoms with van der Waals surface area (Å²) in [6, 6.07) is 5.22. The summed E-state index contributed by atoms with van der Waals surface area (Å²) in [6.45, 7) is 1.12. The molecule has 2 aliphatic rings. The zero-order valence-corrected chi connectivity index (χ0v) is 13.5. The molecule has 0 unspecified atom stereocenters. The number of carbonyl (C=O) groups is 3. The van der Waals surface area contributed by atoms with Gasteiger partial charge in [0.2, 0.25) is 5.91 Å². The van der Waals surface area contributed by atoms with Gasteiger partial charge in [0.25, 0.3) is 5.91 Å². The van der Waals surface area contributed by atoms with Crippen molar-refractivity contribution in [2.75, 3.05) is 30.3 Å². The molecule has 1 aromatic carbocycles. The Kier molecular flexibility index (Phi) is 4.56. The molecular weight excluding hydrogens is 316 g/mol. The van der Waals surface area contributed by atoms with E-state index in [0.717, 1.165) is 37.2 Å². The number of fused-ring (bicyclic) bond motifs is 1. The third kappa shape index (κ3) is 3.34. The largest absolute Gasteiger partial charge is 0.480 e. The molecule has 0 spiro atoms. The van der Waals surface area contributed by atoms with Crippen molar-refractivity contribution in [1.29, 1.82) is 0 Å². The van der Waals surface area contributed by atoms with E-state index in [9.17, 15) is 14.4 Å². The van der Waals surface area contributed by atoms with Crippen molar-refractivity contribution in [1.82, 2.24) is 4.90 Å². The van der Waals surface area contributed by atoms with Crippen molar-refractivity contribution in [3.05, 3.63) is 23.8 Å². The SMILES string of the molecule is O=C(O)CN1C(=O)CSc2ccc(C(=O)N3CCCCC3)cc21. The van der Waals surface area contributed by atoms with E-state index in [-0.39, 0.29) is 24.1 Å². The molecule has 2 aliphatic heterocycles. The fourth-order valence-corrected chi connectivity index (χ4v) is 3.84. The average Bonchev–Trinajstić information content (AvgIpc) is 2.57. The molecule has 0 aliphatic carbocycles. The Labute approximate surface area is 138 Å². The van der Waals surface area contributed by atoms with Gasteiger partial charge in [-0.1, -0.05) is 0 Å². The highest BCUT2D eigenvalue weighted by atomic mass is 32.2. The van der Waals surface area contributed by atoms with E-state index in [1.807, 2.05) is 4.90 Å². The summed E-state index contributed by atoms with van der Waals surface area (Å²) in [4.78, 5) is 39.5. The minimum absolute atomic E-state index is 0.0502. The Morgan fingerprint density at radius 2 is 1.91 bits per heavy atom. The lowest BCUT2D eigenvalue weighted by Crippen LogP contribution is -2.40. The number of anilines is 1. The van der Waals surface area contributed by atoms with E-state index in [1.54, 1.807) is 18.2 Å². The molecule has 0 aromatic heterocycles. The van der Waals surface area contributed by atoms with E-state index in [4.69, 9.17) is 5.11 Å². The third-order valence-electron chi connectivity index (χ3n) is 4.09. The van der Waals surface area contributed by atoms with Gasteiger partial charge >= 0.3 is 5.97 Å². The van der Waals surface area contributed by atoms with Gasteiger partial charge in [-0.25, -0.2) is 0 Å². The Morgan fingerprint density at radius 1 is 1.17 bits per heavy atom. The molecule has 7 heteroatoms.